The number of nitrogens with zero attached hydrogens (tertiary/aromatic N) is 2. The molecule has 0 bridgehead atoms. The van der Waals surface area contributed by atoms with Gasteiger partial charge in [-0.2, -0.15) is 5.10 Å². The molecule has 3 N–H and O–H groups in total. The van der Waals surface area contributed by atoms with Crippen LogP contribution in [0.15, 0.2) is 24.5 Å². The van der Waals surface area contributed by atoms with Crippen LogP contribution in [0, 0.1) is 0 Å². The molecule has 6 nitrogen and oxygen atoms in total. The summed E-state index contributed by atoms with van der Waals surface area (Å²) in [6.07, 6.45) is 5.55. The highest BCUT2D eigenvalue weighted by Gasteiger charge is 2.23. The molecule has 8 heteroatoms. The van der Waals surface area contributed by atoms with Crippen LogP contribution in [-0.4, -0.2) is 27.1 Å². The van der Waals surface area contributed by atoms with E-state index in [0.717, 1.165) is 16.0 Å². The average Bonchev–Trinajstić information content (AvgIpc) is 3.01. The van der Waals surface area contributed by atoms with Crippen LogP contribution in [0.3, 0.4) is 0 Å². The molecule has 0 aliphatic heterocycles. The van der Waals surface area contributed by atoms with Crippen molar-refractivity contribution in [3.8, 4) is 0 Å². The van der Waals surface area contributed by atoms with Gasteiger partial charge in [0.15, 0.2) is 5.13 Å². The first-order valence-corrected chi connectivity index (χ1v) is 8.05. The monoisotopic (exact) mass is 333 g/mol. The van der Waals surface area contributed by atoms with Crippen molar-refractivity contribution in [3.63, 3.8) is 0 Å². The zero-order valence-corrected chi connectivity index (χ0v) is 13.0. The summed E-state index contributed by atoms with van der Waals surface area (Å²) in [7, 11) is 0. The van der Waals surface area contributed by atoms with E-state index < -0.39 is 0 Å². The summed E-state index contributed by atoms with van der Waals surface area (Å²) in [5.74, 6) is -0.225. The maximum absolute atomic E-state index is 12.4. The number of halogens is 1. The molecule has 4 rings (SSSR count). The van der Waals surface area contributed by atoms with E-state index in [4.69, 9.17) is 11.6 Å². The fourth-order valence-electron chi connectivity index (χ4n) is 2.14. The minimum Gasteiger partial charge on any atom is -0.359 e. The van der Waals surface area contributed by atoms with Crippen LogP contribution in [0.1, 0.15) is 22.5 Å². The zero-order valence-electron chi connectivity index (χ0n) is 11.4. The standard InChI is InChI=1S/C14H12ClN5OS/c15-9-3-4-10-8(5-17-20-10)12(9)19-13(21)11-6-16-14(22-11)18-7-1-2-7/h3-7H,1-2H2,(H,16,18)(H,17,20)(H,19,21). The second kappa shape index (κ2) is 5.26. The molecular weight excluding hydrogens is 322 g/mol. The normalized spacial score (nSPS) is 14.2. The minimum atomic E-state index is -0.225. The Bertz CT molecular complexity index is 854. The van der Waals surface area contributed by atoms with Gasteiger partial charge in [-0.25, -0.2) is 4.98 Å². The van der Waals surface area contributed by atoms with Gasteiger partial charge in [-0.1, -0.05) is 22.9 Å². The first-order valence-electron chi connectivity index (χ1n) is 6.86. The van der Waals surface area contributed by atoms with Gasteiger partial charge < -0.3 is 10.6 Å². The van der Waals surface area contributed by atoms with Crippen LogP contribution in [0.4, 0.5) is 10.8 Å². The van der Waals surface area contributed by atoms with Crippen LogP contribution >= 0.6 is 22.9 Å². The van der Waals surface area contributed by atoms with Crippen LogP contribution < -0.4 is 10.6 Å². The predicted molar refractivity (Wildman–Crippen MR) is 87.8 cm³/mol. The summed E-state index contributed by atoms with van der Waals surface area (Å²) in [6.45, 7) is 0. The first kappa shape index (κ1) is 13.5. The summed E-state index contributed by atoms with van der Waals surface area (Å²) in [6, 6.07) is 4.06. The fraction of sp³-hybridized carbons (Fsp3) is 0.214. The molecule has 0 unspecified atom stereocenters. The number of benzene rings is 1. The molecule has 1 fully saturated rings. The number of fused-ring (bicyclic) bond motifs is 1. The van der Waals surface area contributed by atoms with Gasteiger partial charge in [0.1, 0.15) is 4.88 Å². The zero-order chi connectivity index (χ0) is 15.1. The summed E-state index contributed by atoms with van der Waals surface area (Å²) >= 11 is 7.53. The van der Waals surface area contributed by atoms with Crippen molar-refractivity contribution in [2.75, 3.05) is 10.6 Å². The molecule has 1 aliphatic rings. The van der Waals surface area contributed by atoms with Crippen molar-refractivity contribution < 1.29 is 4.79 Å². The number of hydrogen-bond acceptors (Lipinski definition) is 5. The molecule has 1 saturated carbocycles. The van der Waals surface area contributed by atoms with E-state index in [1.807, 2.05) is 6.07 Å². The second-order valence-electron chi connectivity index (χ2n) is 5.16. The number of aromatic amines is 1. The molecular formula is C14H12ClN5OS. The van der Waals surface area contributed by atoms with E-state index in [1.54, 1.807) is 18.5 Å². The van der Waals surface area contributed by atoms with Gasteiger partial charge in [-0.05, 0) is 25.0 Å². The number of amides is 1. The number of carbonyl (C=O) groups is 1. The Hall–Kier alpha value is -2.12. The molecule has 0 saturated heterocycles. The van der Waals surface area contributed by atoms with E-state index in [2.05, 4.69) is 25.8 Å². The summed E-state index contributed by atoms with van der Waals surface area (Å²) in [4.78, 5) is 17.2. The molecule has 0 radical (unpaired) electrons. The first-order chi connectivity index (χ1) is 10.7. The van der Waals surface area contributed by atoms with Crippen molar-refractivity contribution in [1.82, 2.24) is 15.2 Å². The minimum absolute atomic E-state index is 0.225. The van der Waals surface area contributed by atoms with E-state index >= 15 is 0 Å². The van der Waals surface area contributed by atoms with Gasteiger partial charge in [0, 0.05) is 11.4 Å². The molecule has 2 heterocycles. The lowest BCUT2D eigenvalue weighted by Gasteiger charge is -2.07. The lowest BCUT2D eigenvalue weighted by molar-refractivity contribution is 0.103. The molecule has 22 heavy (non-hydrogen) atoms. The summed E-state index contributed by atoms with van der Waals surface area (Å²) in [5.41, 5.74) is 1.38. The molecule has 0 atom stereocenters. The second-order valence-corrected chi connectivity index (χ2v) is 6.59. The Morgan fingerprint density at radius 1 is 1.36 bits per heavy atom. The van der Waals surface area contributed by atoms with E-state index in [1.165, 1.54) is 24.2 Å². The fourth-order valence-corrected chi connectivity index (χ4v) is 3.14. The smallest absolute Gasteiger partial charge is 0.267 e. The predicted octanol–water partition coefficient (Wildman–Crippen LogP) is 3.50. The Morgan fingerprint density at radius 2 is 2.23 bits per heavy atom. The Balaban J connectivity index is 1.58. The highest BCUT2D eigenvalue weighted by atomic mass is 35.5. The van der Waals surface area contributed by atoms with Gasteiger partial charge in [0.05, 0.1) is 28.6 Å². The van der Waals surface area contributed by atoms with Gasteiger partial charge in [-0.3, -0.25) is 9.89 Å². The molecule has 3 aromatic rings. The van der Waals surface area contributed by atoms with E-state index in [9.17, 15) is 4.79 Å². The number of H-pyrrole nitrogens is 1. The number of nitrogens with one attached hydrogen (secondary N) is 3. The number of aromatic nitrogens is 3. The highest BCUT2D eigenvalue weighted by molar-refractivity contribution is 7.17. The largest absolute Gasteiger partial charge is 0.359 e. The van der Waals surface area contributed by atoms with Crippen LogP contribution in [-0.2, 0) is 0 Å². The number of thiazole rings is 1. The molecule has 1 amide bonds. The topological polar surface area (TPSA) is 82.7 Å². The highest BCUT2D eigenvalue weighted by Crippen LogP contribution is 2.32. The number of anilines is 2. The summed E-state index contributed by atoms with van der Waals surface area (Å²) in [5, 5.41) is 15.0. The van der Waals surface area contributed by atoms with Crippen molar-refractivity contribution in [3.05, 3.63) is 34.4 Å². The Morgan fingerprint density at radius 3 is 3.05 bits per heavy atom. The Labute approximate surface area is 134 Å². The SMILES string of the molecule is O=C(Nc1c(Cl)ccc2[nH]ncc12)c1cnc(NC2CC2)s1. The van der Waals surface area contributed by atoms with Crippen LogP contribution in [0.2, 0.25) is 5.02 Å². The molecule has 112 valence electrons. The third kappa shape index (κ3) is 2.53. The molecule has 2 aromatic heterocycles. The van der Waals surface area contributed by atoms with Gasteiger partial charge in [0.25, 0.3) is 5.91 Å². The third-order valence-electron chi connectivity index (χ3n) is 3.45. The number of hydrogen-bond donors (Lipinski definition) is 3. The van der Waals surface area contributed by atoms with Crippen molar-refractivity contribution in [2.45, 2.75) is 18.9 Å². The molecule has 1 aliphatic carbocycles. The lowest BCUT2D eigenvalue weighted by Crippen LogP contribution is -2.10. The van der Waals surface area contributed by atoms with Gasteiger partial charge in [-0.15, -0.1) is 0 Å². The summed E-state index contributed by atoms with van der Waals surface area (Å²) < 4.78 is 0. The quantitative estimate of drug-likeness (QED) is 0.682. The Kier molecular flexibility index (Phi) is 3.24. The van der Waals surface area contributed by atoms with Crippen molar-refractivity contribution >= 4 is 50.6 Å². The van der Waals surface area contributed by atoms with Crippen LogP contribution in [0.25, 0.3) is 10.9 Å². The van der Waals surface area contributed by atoms with E-state index in [-0.39, 0.29) is 5.91 Å². The average molecular weight is 334 g/mol. The molecule has 0 spiro atoms. The van der Waals surface area contributed by atoms with Crippen molar-refractivity contribution in [1.29, 1.82) is 0 Å². The number of carbonyl (C=O) groups excluding carboxylic acids is 1. The number of rotatable bonds is 4. The third-order valence-corrected chi connectivity index (χ3v) is 4.69. The maximum Gasteiger partial charge on any atom is 0.267 e. The van der Waals surface area contributed by atoms with Gasteiger partial charge in [0.2, 0.25) is 0 Å². The van der Waals surface area contributed by atoms with Crippen LogP contribution in [0.5, 0.6) is 0 Å². The van der Waals surface area contributed by atoms with Gasteiger partial charge >= 0.3 is 0 Å². The lowest BCUT2D eigenvalue weighted by atomic mass is 10.2. The van der Waals surface area contributed by atoms with E-state index in [0.29, 0.717) is 21.6 Å². The maximum atomic E-state index is 12.4. The molecule has 1 aromatic carbocycles. The van der Waals surface area contributed by atoms with Crippen molar-refractivity contribution in [2.24, 2.45) is 0 Å².